The van der Waals surface area contributed by atoms with Crippen LogP contribution in [-0.4, -0.2) is 9.52 Å². The Kier molecular flexibility index (Phi) is 5.58. The zero-order chi connectivity index (χ0) is 16.2. The summed E-state index contributed by atoms with van der Waals surface area (Å²) in [4.78, 5) is 0. The summed E-state index contributed by atoms with van der Waals surface area (Å²) in [5.74, 6) is 1.76. The zero-order valence-electron chi connectivity index (χ0n) is 15.1. The van der Waals surface area contributed by atoms with Gasteiger partial charge in [0, 0.05) is 0 Å². The fraction of sp³-hybridized carbons (Fsp3) is 0.545. The minimum atomic E-state index is -0.183. The third-order valence-electron chi connectivity index (χ3n) is 5.80. The molecule has 3 rings (SSSR count). The molecule has 1 aromatic carbocycles. The molecule has 0 aliphatic heterocycles. The van der Waals surface area contributed by atoms with Crippen molar-refractivity contribution in [2.45, 2.75) is 64.8 Å². The van der Waals surface area contributed by atoms with Gasteiger partial charge < -0.3 is 0 Å². The van der Waals surface area contributed by atoms with Gasteiger partial charge in [-0.3, -0.25) is 0 Å². The van der Waals surface area contributed by atoms with Gasteiger partial charge >= 0.3 is 0 Å². The zero-order valence-corrected chi connectivity index (χ0v) is 16.6. The van der Waals surface area contributed by atoms with E-state index in [2.05, 4.69) is 57.2 Å². The number of aryl methyl sites for hydroxylation is 2. The van der Waals surface area contributed by atoms with Gasteiger partial charge in [-0.25, -0.2) is 0 Å². The van der Waals surface area contributed by atoms with Crippen molar-refractivity contribution in [3.05, 3.63) is 53.1 Å². The largest absolute Gasteiger partial charge is 0.0839 e. The van der Waals surface area contributed by atoms with Crippen LogP contribution in [0.25, 0.3) is 0 Å². The molecule has 124 valence electrons. The van der Waals surface area contributed by atoms with Crippen molar-refractivity contribution in [2.24, 2.45) is 11.8 Å². The summed E-state index contributed by atoms with van der Waals surface area (Å²) >= 11 is 0. The van der Waals surface area contributed by atoms with Gasteiger partial charge in [-0.05, 0) is 50.5 Å². The van der Waals surface area contributed by atoms with E-state index in [4.69, 9.17) is 0 Å². The van der Waals surface area contributed by atoms with Crippen LogP contribution in [0.1, 0.15) is 56.6 Å². The second kappa shape index (κ2) is 7.66. The van der Waals surface area contributed by atoms with Crippen molar-refractivity contribution < 1.29 is 0 Å². The van der Waals surface area contributed by atoms with Crippen molar-refractivity contribution in [1.82, 2.24) is 0 Å². The summed E-state index contributed by atoms with van der Waals surface area (Å²) in [6.45, 7) is 6.83. The molecule has 1 aromatic rings. The van der Waals surface area contributed by atoms with Crippen LogP contribution < -0.4 is 5.19 Å². The Morgan fingerprint density at radius 1 is 1.09 bits per heavy atom. The quantitative estimate of drug-likeness (QED) is 0.511. The van der Waals surface area contributed by atoms with Crippen LogP contribution in [0.5, 0.6) is 0 Å². The third kappa shape index (κ3) is 4.06. The minimum absolute atomic E-state index is 0.183. The van der Waals surface area contributed by atoms with Crippen molar-refractivity contribution in [1.29, 1.82) is 0 Å². The molecule has 0 saturated heterocycles. The van der Waals surface area contributed by atoms with Crippen LogP contribution in [0.2, 0.25) is 5.54 Å². The fourth-order valence-electron chi connectivity index (χ4n) is 4.89. The number of allylic oxidation sites excluding steroid dienone is 4. The Morgan fingerprint density at radius 3 is 2.61 bits per heavy atom. The molecule has 0 amide bonds. The van der Waals surface area contributed by atoms with Crippen LogP contribution in [-0.2, 0) is 0 Å². The average Bonchev–Trinajstić information content (AvgIpc) is 2.84. The Hall–Kier alpha value is -1.08. The van der Waals surface area contributed by atoms with E-state index in [1.165, 1.54) is 49.7 Å². The highest BCUT2D eigenvalue weighted by atomic mass is 28.2. The number of fused-ring (bicyclic) bond motifs is 1. The summed E-state index contributed by atoms with van der Waals surface area (Å²) in [6.07, 6.45) is 15.5. The van der Waals surface area contributed by atoms with Crippen LogP contribution in [0.3, 0.4) is 0 Å². The topological polar surface area (TPSA) is 0 Å². The third-order valence-corrected chi connectivity index (χ3v) is 8.11. The lowest BCUT2D eigenvalue weighted by Crippen LogP contribution is -2.23. The van der Waals surface area contributed by atoms with Gasteiger partial charge in [0.1, 0.15) is 0 Å². The molecule has 23 heavy (non-hydrogen) atoms. The van der Waals surface area contributed by atoms with Gasteiger partial charge in [-0.1, -0.05) is 84.5 Å². The molecule has 2 aliphatic rings. The highest BCUT2D eigenvalue weighted by molar-refractivity contribution is 6.55. The number of hydrogen-bond acceptors (Lipinski definition) is 0. The molecule has 0 spiro atoms. The molecule has 0 heterocycles. The number of benzene rings is 1. The number of unbranched alkanes of at least 4 members (excludes halogenated alkanes) is 2. The van der Waals surface area contributed by atoms with Crippen LogP contribution >= 0.6 is 0 Å². The van der Waals surface area contributed by atoms with Gasteiger partial charge in [0.05, 0.1) is 9.52 Å². The van der Waals surface area contributed by atoms with E-state index in [-0.39, 0.29) is 9.52 Å². The van der Waals surface area contributed by atoms with Crippen LogP contribution in [0.15, 0.2) is 42.0 Å². The second-order valence-electron chi connectivity index (χ2n) is 7.83. The summed E-state index contributed by atoms with van der Waals surface area (Å²) < 4.78 is 0. The lowest BCUT2D eigenvalue weighted by Gasteiger charge is -2.22. The van der Waals surface area contributed by atoms with Gasteiger partial charge in [0.15, 0.2) is 0 Å². The van der Waals surface area contributed by atoms with E-state index in [1.54, 1.807) is 5.19 Å². The predicted octanol–water partition coefficient (Wildman–Crippen LogP) is 4.99. The molecule has 3 atom stereocenters. The molecule has 1 fully saturated rings. The van der Waals surface area contributed by atoms with Gasteiger partial charge in [0.25, 0.3) is 0 Å². The molecular formula is C22H32Si. The van der Waals surface area contributed by atoms with E-state index in [0.717, 1.165) is 17.4 Å². The molecule has 1 saturated carbocycles. The normalized spacial score (nSPS) is 26.7. The van der Waals surface area contributed by atoms with Crippen molar-refractivity contribution >= 4 is 14.7 Å². The first-order valence-corrected chi connectivity index (χ1v) is 11.1. The van der Waals surface area contributed by atoms with Crippen LogP contribution in [0.4, 0.5) is 0 Å². The van der Waals surface area contributed by atoms with Crippen LogP contribution in [0, 0.1) is 25.7 Å². The lowest BCUT2D eigenvalue weighted by molar-refractivity contribution is 0.524. The molecule has 3 unspecified atom stereocenters. The van der Waals surface area contributed by atoms with E-state index in [0.29, 0.717) is 0 Å². The number of rotatable bonds is 6. The molecule has 0 nitrogen and oxygen atoms in total. The maximum absolute atomic E-state index is 2.47. The van der Waals surface area contributed by atoms with Crippen molar-refractivity contribution in [2.75, 3.05) is 0 Å². The van der Waals surface area contributed by atoms with Gasteiger partial charge in [-0.15, -0.1) is 0 Å². The maximum atomic E-state index is 2.47. The monoisotopic (exact) mass is 324 g/mol. The Balaban J connectivity index is 1.76. The summed E-state index contributed by atoms with van der Waals surface area (Å²) in [5.41, 5.74) is 5.70. The lowest BCUT2D eigenvalue weighted by atomic mass is 9.88. The van der Waals surface area contributed by atoms with E-state index < -0.39 is 0 Å². The van der Waals surface area contributed by atoms with E-state index in [1.807, 2.05) is 5.57 Å². The molecular weight excluding hydrogens is 292 g/mol. The molecule has 0 bridgehead atoms. The molecule has 0 radical (unpaired) electrons. The summed E-state index contributed by atoms with van der Waals surface area (Å²) in [6, 6.07) is 7.26. The Bertz CT molecular complexity index is 576. The Morgan fingerprint density at radius 2 is 1.87 bits per heavy atom. The van der Waals surface area contributed by atoms with E-state index >= 15 is 0 Å². The van der Waals surface area contributed by atoms with E-state index in [9.17, 15) is 0 Å². The van der Waals surface area contributed by atoms with Gasteiger partial charge in [0.2, 0.25) is 0 Å². The molecule has 0 N–H and O–H groups in total. The summed E-state index contributed by atoms with van der Waals surface area (Å²) in [5, 5.41) is 1.69. The summed E-state index contributed by atoms with van der Waals surface area (Å²) in [7, 11) is -0.183. The maximum Gasteiger partial charge on any atom is 0.0584 e. The fourth-order valence-corrected chi connectivity index (χ4v) is 7.73. The highest BCUT2D eigenvalue weighted by Gasteiger charge is 2.37. The molecule has 2 aliphatic carbocycles. The minimum Gasteiger partial charge on any atom is -0.0839 e. The van der Waals surface area contributed by atoms with Crippen molar-refractivity contribution in [3.63, 3.8) is 0 Å². The molecule has 1 heteroatoms. The standard InChI is InChI=1S/C22H32Si/c1-4-5-6-11-21-20-10-8-7-9-18(20)15-22(21)23-19-13-16(2)12-17(3)14-19/h7-8,10,12-14,18,21-22H,4-6,9,11,15,23H2,1-3H3. The predicted molar refractivity (Wildman–Crippen MR) is 105 cm³/mol. The highest BCUT2D eigenvalue weighted by Crippen LogP contribution is 2.49. The first-order chi connectivity index (χ1) is 11.2. The number of hydrogen-bond donors (Lipinski definition) is 0. The first-order valence-electron chi connectivity index (χ1n) is 9.61. The SMILES string of the molecule is CCCCCC1C2=CC=CCC2CC1[SiH2]c1cc(C)cc(C)c1. The van der Waals surface area contributed by atoms with Gasteiger partial charge in [-0.2, -0.15) is 0 Å². The Labute approximate surface area is 144 Å². The second-order valence-corrected chi connectivity index (χ2v) is 10.1. The first kappa shape index (κ1) is 16.8. The smallest absolute Gasteiger partial charge is 0.0584 e. The molecule has 0 aromatic heterocycles. The average molecular weight is 325 g/mol. The van der Waals surface area contributed by atoms with Crippen molar-refractivity contribution in [3.8, 4) is 0 Å².